The highest BCUT2D eigenvalue weighted by Crippen LogP contribution is 2.52. The number of fused-ring (bicyclic) bond motifs is 1. The molecule has 44 heavy (non-hydrogen) atoms. The molecule has 2 aromatic carbocycles. The normalized spacial score (nSPS) is 21.3. The molecule has 1 aromatic heterocycles. The molecule has 2 fully saturated rings. The fourth-order valence-corrected chi connectivity index (χ4v) is 8.25. The summed E-state index contributed by atoms with van der Waals surface area (Å²) in [7, 11) is -1.99. The first-order chi connectivity index (χ1) is 20.6. The molecule has 2 atom stereocenters. The van der Waals surface area contributed by atoms with E-state index in [4.69, 9.17) is 16.0 Å². The molecule has 1 N–H and O–H groups in total. The van der Waals surface area contributed by atoms with E-state index in [2.05, 4.69) is 58.5 Å². The number of rotatable bonds is 8. The number of carbonyl (C=O) groups is 1. The molecule has 1 saturated heterocycles. The number of hydrogen-bond acceptors (Lipinski definition) is 7. The second-order valence-electron chi connectivity index (χ2n) is 13.3. The average molecular weight is 666 g/mol. The topological polar surface area (TPSA) is 72.9 Å². The van der Waals surface area contributed by atoms with Gasteiger partial charge in [-0.2, -0.15) is 0 Å². The summed E-state index contributed by atoms with van der Waals surface area (Å²) < 4.78 is 57.0. The van der Waals surface area contributed by atoms with E-state index in [1.807, 2.05) is 0 Å². The number of halogens is 4. The van der Waals surface area contributed by atoms with Crippen LogP contribution in [0.3, 0.4) is 0 Å². The molecule has 7 nitrogen and oxygen atoms in total. The fourth-order valence-electron chi connectivity index (χ4n) is 5.64. The van der Waals surface area contributed by atoms with Crippen molar-refractivity contribution in [3.63, 3.8) is 0 Å². The number of nitrogens with one attached hydrogen (secondary N) is 1. The van der Waals surface area contributed by atoms with Gasteiger partial charge in [0.25, 0.3) is 0 Å². The number of ether oxygens (including phenoxy) is 2. The summed E-state index contributed by atoms with van der Waals surface area (Å²) in [6, 6.07) is 8.55. The van der Waals surface area contributed by atoms with E-state index in [0.717, 1.165) is 23.4 Å². The minimum atomic E-state index is -3.73. The summed E-state index contributed by atoms with van der Waals surface area (Å²) in [6.07, 6.45) is 0.0200. The van der Waals surface area contributed by atoms with Crippen LogP contribution in [0.2, 0.25) is 23.2 Å². The van der Waals surface area contributed by atoms with Gasteiger partial charge >= 0.3 is 6.29 Å². The van der Waals surface area contributed by atoms with Gasteiger partial charge in [-0.3, -0.25) is 9.69 Å². The first-order valence-corrected chi connectivity index (χ1v) is 18.7. The van der Waals surface area contributed by atoms with Crippen LogP contribution in [0.4, 0.5) is 18.3 Å². The third-order valence-corrected chi connectivity index (χ3v) is 15.0. The number of anilines is 1. The number of likely N-dealkylation sites (tertiary alicyclic amines) is 1. The monoisotopic (exact) mass is 665 g/mol. The number of alkyl halides is 2. The van der Waals surface area contributed by atoms with E-state index >= 15 is 0 Å². The van der Waals surface area contributed by atoms with Crippen molar-refractivity contribution in [3.8, 4) is 11.5 Å². The third kappa shape index (κ3) is 5.99. The van der Waals surface area contributed by atoms with Gasteiger partial charge in [0.2, 0.25) is 5.91 Å². The number of hydrogen-bond donors (Lipinski definition) is 1. The molecule has 1 saturated carbocycles. The van der Waals surface area contributed by atoms with Crippen LogP contribution < -0.4 is 14.8 Å². The lowest BCUT2D eigenvalue weighted by Gasteiger charge is -2.38. The van der Waals surface area contributed by atoms with Crippen LogP contribution in [-0.4, -0.2) is 49.6 Å². The van der Waals surface area contributed by atoms with Gasteiger partial charge in [0.1, 0.15) is 5.82 Å². The SMILES string of the molecule is CC(C)(C)[Si](C)(C)OC1CCN(C(c2cnc(NC(=O)C3(c4ccc5c(c4)OC(F)(F)O5)CC3)s2)c2ccc(F)cc2Cl)C1. The van der Waals surface area contributed by atoms with Crippen molar-refractivity contribution in [1.82, 2.24) is 9.88 Å². The van der Waals surface area contributed by atoms with Crippen LogP contribution in [0, 0.1) is 5.82 Å². The minimum absolute atomic E-state index is 0.0566. The minimum Gasteiger partial charge on any atom is -0.413 e. The molecular weight excluding hydrogens is 631 g/mol. The zero-order valence-electron chi connectivity index (χ0n) is 25.2. The Morgan fingerprint density at radius 2 is 1.91 bits per heavy atom. The van der Waals surface area contributed by atoms with Crippen molar-refractivity contribution in [2.75, 3.05) is 18.4 Å². The summed E-state index contributed by atoms with van der Waals surface area (Å²) in [5.74, 6) is -0.853. The van der Waals surface area contributed by atoms with Crippen molar-refractivity contribution < 1.29 is 31.9 Å². The van der Waals surface area contributed by atoms with Crippen LogP contribution in [0.25, 0.3) is 0 Å². The van der Waals surface area contributed by atoms with Gasteiger partial charge in [-0.05, 0) is 72.8 Å². The number of benzene rings is 2. The van der Waals surface area contributed by atoms with Crippen molar-refractivity contribution in [2.45, 2.75) is 82.0 Å². The van der Waals surface area contributed by atoms with E-state index in [-0.39, 0.29) is 34.6 Å². The number of nitrogens with zero attached hydrogens (tertiary/aromatic N) is 2. The standard InChI is InChI=1S/C31H35ClF3N3O4SSi/c1-29(2,3)44(4,5)42-20-10-13-38(17-20)26(21-8-7-19(33)15-22(21)32)25-16-36-28(43-25)37-27(39)30(11-12-30)18-6-9-23-24(14-18)41-31(34,35)40-23/h6-9,14-16,20,26H,10-13,17H2,1-5H3,(H,36,37,39). The molecule has 2 unspecified atom stereocenters. The first kappa shape index (κ1) is 31.3. The van der Waals surface area contributed by atoms with Gasteiger partial charge < -0.3 is 19.2 Å². The van der Waals surface area contributed by atoms with E-state index in [9.17, 15) is 18.0 Å². The van der Waals surface area contributed by atoms with Gasteiger partial charge in [-0.1, -0.05) is 55.8 Å². The Morgan fingerprint density at radius 1 is 1.18 bits per heavy atom. The van der Waals surface area contributed by atoms with Crippen LogP contribution in [-0.2, 0) is 14.6 Å². The van der Waals surface area contributed by atoms with Crippen molar-refractivity contribution in [2.24, 2.45) is 0 Å². The highest BCUT2D eigenvalue weighted by atomic mass is 35.5. The van der Waals surface area contributed by atoms with Crippen LogP contribution in [0.1, 0.15) is 62.1 Å². The molecule has 1 aliphatic carbocycles. The Morgan fingerprint density at radius 3 is 2.59 bits per heavy atom. The first-order valence-electron chi connectivity index (χ1n) is 14.6. The molecule has 236 valence electrons. The summed E-state index contributed by atoms with van der Waals surface area (Å²) in [5, 5.41) is 3.74. The average Bonchev–Trinajstić information content (AvgIpc) is 3.22. The van der Waals surface area contributed by atoms with Gasteiger partial charge in [0.15, 0.2) is 24.9 Å². The number of thiazole rings is 1. The molecule has 3 aromatic rings. The maximum atomic E-state index is 14.0. The van der Waals surface area contributed by atoms with E-state index < -0.39 is 25.8 Å². The van der Waals surface area contributed by atoms with Crippen LogP contribution in [0.15, 0.2) is 42.6 Å². The molecule has 6 rings (SSSR count). The smallest absolute Gasteiger partial charge is 0.413 e. The number of carbonyl (C=O) groups excluding carboxylic acids is 1. The van der Waals surface area contributed by atoms with Crippen molar-refractivity contribution >= 4 is 42.3 Å². The van der Waals surface area contributed by atoms with E-state index in [1.54, 1.807) is 18.3 Å². The second kappa shape index (κ2) is 11.0. The summed E-state index contributed by atoms with van der Waals surface area (Å²) in [4.78, 5) is 21.2. The molecule has 0 spiro atoms. The van der Waals surface area contributed by atoms with E-state index in [0.29, 0.717) is 35.1 Å². The van der Waals surface area contributed by atoms with Crippen molar-refractivity contribution in [1.29, 1.82) is 0 Å². The van der Waals surface area contributed by atoms with Gasteiger partial charge in [-0.25, -0.2) is 9.37 Å². The second-order valence-corrected chi connectivity index (χ2v) is 19.5. The summed E-state index contributed by atoms with van der Waals surface area (Å²) >= 11 is 7.93. The zero-order valence-corrected chi connectivity index (χ0v) is 27.8. The Labute approximate surface area is 264 Å². The van der Waals surface area contributed by atoms with Gasteiger partial charge in [0.05, 0.1) is 17.6 Å². The lowest BCUT2D eigenvalue weighted by atomic mass is 9.94. The molecule has 0 radical (unpaired) electrons. The molecule has 2 aliphatic heterocycles. The van der Waals surface area contributed by atoms with E-state index in [1.165, 1.54) is 35.6 Å². The zero-order chi connectivity index (χ0) is 31.7. The highest BCUT2D eigenvalue weighted by Gasteiger charge is 2.53. The molecule has 3 heterocycles. The van der Waals surface area contributed by atoms with Crippen LogP contribution >= 0.6 is 22.9 Å². The largest absolute Gasteiger partial charge is 0.586 e. The lowest BCUT2D eigenvalue weighted by Crippen LogP contribution is -2.44. The van der Waals surface area contributed by atoms with Gasteiger partial charge in [0, 0.05) is 29.2 Å². The Hall–Kier alpha value is -2.64. The number of amides is 1. The Balaban J connectivity index is 1.22. The highest BCUT2D eigenvalue weighted by molar-refractivity contribution is 7.15. The predicted octanol–water partition coefficient (Wildman–Crippen LogP) is 8.11. The molecular formula is C31H35ClF3N3O4SSi. The van der Waals surface area contributed by atoms with Gasteiger partial charge in [-0.15, -0.1) is 8.78 Å². The fraction of sp³-hybridized carbons (Fsp3) is 0.484. The maximum Gasteiger partial charge on any atom is 0.586 e. The van der Waals surface area contributed by atoms with Crippen LogP contribution in [0.5, 0.6) is 11.5 Å². The molecule has 3 aliphatic rings. The summed E-state index contributed by atoms with van der Waals surface area (Å²) in [6.45, 7) is 12.6. The number of aromatic nitrogens is 1. The quantitative estimate of drug-likeness (QED) is 0.245. The Kier molecular flexibility index (Phi) is 7.84. The lowest BCUT2D eigenvalue weighted by molar-refractivity contribution is -0.286. The molecule has 0 bridgehead atoms. The van der Waals surface area contributed by atoms with Crippen molar-refractivity contribution in [3.05, 3.63) is 69.4 Å². The third-order valence-electron chi connectivity index (χ3n) is 9.22. The maximum absolute atomic E-state index is 14.0. The molecule has 1 amide bonds. The predicted molar refractivity (Wildman–Crippen MR) is 166 cm³/mol. The molecule has 13 heteroatoms. The Bertz CT molecular complexity index is 1590. The summed E-state index contributed by atoms with van der Waals surface area (Å²) in [5.41, 5.74) is 0.455.